The van der Waals surface area contributed by atoms with Crippen LogP contribution in [0.5, 0.6) is 0 Å². The van der Waals surface area contributed by atoms with Crippen molar-refractivity contribution in [3.05, 3.63) is 22.8 Å². The summed E-state index contributed by atoms with van der Waals surface area (Å²) in [6, 6.07) is 1.17. The van der Waals surface area contributed by atoms with Crippen molar-refractivity contribution in [2.75, 3.05) is 11.9 Å². The Morgan fingerprint density at radius 1 is 1.30 bits per heavy atom. The summed E-state index contributed by atoms with van der Waals surface area (Å²) in [6.45, 7) is 0.658. The lowest BCUT2D eigenvalue weighted by Crippen LogP contribution is -2.29. The van der Waals surface area contributed by atoms with Crippen molar-refractivity contribution in [2.45, 2.75) is 37.9 Å². The number of aromatic nitrogens is 1. The lowest BCUT2D eigenvalue weighted by Gasteiger charge is -2.26. The number of hydrogen-bond donors (Lipinski definition) is 2. The second kappa shape index (κ2) is 6.18. The van der Waals surface area contributed by atoms with Crippen LogP contribution in [-0.2, 0) is 6.18 Å². The van der Waals surface area contributed by atoms with Gasteiger partial charge in [-0.2, -0.15) is 13.2 Å². The van der Waals surface area contributed by atoms with Gasteiger partial charge in [0.1, 0.15) is 5.82 Å². The van der Waals surface area contributed by atoms with Gasteiger partial charge in [0.05, 0.1) is 10.6 Å². The van der Waals surface area contributed by atoms with E-state index in [9.17, 15) is 13.2 Å². The molecule has 1 aliphatic carbocycles. The zero-order chi connectivity index (χ0) is 14.8. The SMILES string of the molecule is NC1CCC(CNc2ncc(C(F)(F)F)cc2Cl)CC1. The van der Waals surface area contributed by atoms with Crippen LogP contribution in [0.4, 0.5) is 19.0 Å². The van der Waals surface area contributed by atoms with Crippen molar-refractivity contribution in [2.24, 2.45) is 11.7 Å². The fraction of sp³-hybridized carbons (Fsp3) is 0.615. The first-order valence-corrected chi connectivity index (χ1v) is 6.96. The van der Waals surface area contributed by atoms with Gasteiger partial charge in [-0.15, -0.1) is 0 Å². The largest absolute Gasteiger partial charge is 0.417 e. The highest BCUT2D eigenvalue weighted by Gasteiger charge is 2.31. The third kappa shape index (κ3) is 3.99. The molecule has 0 atom stereocenters. The first-order chi connectivity index (χ1) is 9.36. The molecular weight excluding hydrogens is 291 g/mol. The number of alkyl halides is 3. The van der Waals surface area contributed by atoms with E-state index in [0.717, 1.165) is 37.9 Å². The summed E-state index contributed by atoms with van der Waals surface area (Å²) >= 11 is 5.83. The van der Waals surface area contributed by atoms with Gasteiger partial charge in [-0.3, -0.25) is 0 Å². The lowest BCUT2D eigenvalue weighted by atomic mass is 9.86. The minimum absolute atomic E-state index is 0.00710. The minimum Gasteiger partial charge on any atom is -0.369 e. The van der Waals surface area contributed by atoms with Gasteiger partial charge in [0.15, 0.2) is 0 Å². The molecule has 112 valence electrons. The molecular formula is C13H17ClF3N3. The van der Waals surface area contributed by atoms with E-state index in [1.54, 1.807) is 0 Å². The number of nitrogens with one attached hydrogen (secondary N) is 1. The number of nitrogens with two attached hydrogens (primary N) is 1. The lowest BCUT2D eigenvalue weighted by molar-refractivity contribution is -0.137. The molecule has 1 heterocycles. The van der Waals surface area contributed by atoms with Crippen LogP contribution < -0.4 is 11.1 Å². The van der Waals surface area contributed by atoms with Crippen LogP contribution in [0.1, 0.15) is 31.2 Å². The first kappa shape index (κ1) is 15.4. The topological polar surface area (TPSA) is 50.9 Å². The molecule has 1 saturated carbocycles. The van der Waals surface area contributed by atoms with Crippen LogP contribution in [0, 0.1) is 5.92 Å². The highest BCUT2D eigenvalue weighted by molar-refractivity contribution is 6.32. The molecule has 0 spiro atoms. The Morgan fingerprint density at radius 3 is 2.50 bits per heavy atom. The van der Waals surface area contributed by atoms with Gasteiger partial charge in [0, 0.05) is 18.8 Å². The highest BCUT2D eigenvalue weighted by atomic mass is 35.5. The van der Waals surface area contributed by atoms with Crippen LogP contribution in [0.2, 0.25) is 5.02 Å². The molecule has 0 unspecified atom stereocenters. The average Bonchev–Trinajstić information content (AvgIpc) is 2.38. The van der Waals surface area contributed by atoms with E-state index in [2.05, 4.69) is 10.3 Å². The Balaban J connectivity index is 1.93. The summed E-state index contributed by atoms with van der Waals surface area (Å²) in [4.78, 5) is 3.76. The third-order valence-electron chi connectivity index (χ3n) is 3.62. The number of nitrogens with zero attached hydrogens (tertiary/aromatic N) is 1. The van der Waals surface area contributed by atoms with E-state index in [4.69, 9.17) is 17.3 Å². The van der Waals surface area contributed by atoms with Gasteiger partial charge in [-0.05, 0) is 37.7 Å². The molecule has 7 heteroatoms. The maximum Gasteiger partial charge on any atom is 0.417 e. The van der Waals surface area contributed by atoms with Gasteiger partial charge in [0.2, 0.25) is 0 Å². The number of pyridine rings is 1. The summed E-state index contributed by atoms with van der Waals surface area (Å²) in [7, 11) is 0. The smallest absolute Gasteiger partial charge is 0.369 e. The molecule has 3 nitrogen and oxygen atoms in total. The van der Waals surface area contributed by atoms with Gasteiger partial charge >= 0.3 is 6.18 Å². The molecule has 1 aliphatic rings. The second-order valence-corrected chi connectivity index (χ2v) is 5.62. The number of hydrogen-bond acceptors (Lipinski definition) is 3. The quantitative estimate of drug-likeness (QED) is 0.895. The molecule has 0 aromatic carbocycles. The van der Waals surface area contributed by atoms with E-state index in [1.807, 2.05) is 0 Å². The molecule has 2 rings (SSSR count). The van der Waals surface area contributed by atoms with Crippen molar-refractivity contribution >= 4 is 17.4 Å². The normalized spacial score (nSPS) is 23.6. The molecule has 3 N–H and O–H groups in total. The average molecular weight is 308 g/mol. The second-order valence-electron chi connectivity index (χ2n) is 5.21. The highest BCUT2D eigenvalue weighted by Crippen LogP contribution is 2.32. The van der Waals surface area contributed by atoms with Gasteiger partial charge in [0.25, 0.3) is 0 Å². The van der Waals surface area contributed by atoms with Gasteiger partial charge in [-0.1, -0.05) is 11.6 Å². The third-order valence-corrected chi connectivity index (χ3v) is 3.91. The zero-order valence-electron chi connectivity index (χ0n) is 10.9. The van der Waals surface area contributed by atoms with Crippen LogP contribution in [0.15, 0.2) is 12.3 Å². The van der Waals surface area contributed by atoms with Crippen LogP contribution in [0.3, 0.4) is 0 Å². The Labute approximate surface area is 120 Å². The van der Waals surface area contributed by atoms with E-state index in [0.29, 0.717) is 18.3 Å². The predicted octanol–water partition coefficient (Wildman–Crippen LogP) is 3.68. The monoisotopic (exact) mass is 307 g/mol. The van der Waals surface area contributed by atoms with Crippen LogP contribution >= 0.6 is 11.6 Å². The maximum absolute atomic E-state index is 12.5. The first-order valence-electron chi connectivity index (χ1n) is 6.58. The summed E-state index contributed by atoms with van der Waals surface area (Å²) in [6.07, 6.45) is 0.388. The van der Waals surface area contributed by atoms with E-state index in [-0.39, 0.29) is 11.1 Å². The van der Waals surface area contributed by atoms with E-state index < -0.39 is 11.7 Å². The number of anilines is 1. The molecule has 0 bridgehead atoms. The van der Waals surface area contributed by atoms with Crippen molar-refractivity contribution in [1.82, 2.24) is 4.98 Å². The fourth-order valence-electron chi connectivity index (χ4n) is 2.36. The van der Waals surface area contributed by atoms with Gasteiger partial charge < -0.3 is 11.1 Å². The Bertz CT molecular complexity index is 457. The maximum atomic E-state index is 12.5. The van der Waals surface area contributed by atoms with Crippen molar-refractivity contribution in [3.63, 3.8) is 0 Å². The predicted molar refractivity (Wildman–Crippen MR) is 72.7 cm³/mol. The summed E-state index contributed by atoms with van der Waals surface area (Å²) < 4.78 is 37.4. The molecule has 0 aliphatic heterocycles. The Kier molecular flexibility index (Phi) is 4.75. The standard InChI is InChI=1S/C13H17ClF3N3/c14-11-5-9(13(15,16)17)7-20-12(11)19-6-8-1-3-10(18)4-2-8/h5,7-8,10H,1-4,6,18H2,(H,19,20). The number of rotatable bonds is 3. The van der Waals surface area contributed by atoms with Crippen molar-refractivity contribution in [1.29, 1.82) is 0 Å². The Morgan fingerprint density at radius 2 is 1.95 bits per heavy atom. The molecule has 1 aromatic rings. The summed E-state index contributed by atoms with van der Waals surface area (Å²) in [5.74, 6) is 0.768. The summed E-state index contributed by atoms with van der Waals surface area (Å²) in [5, 5.41) is 3.02. The Hall–Kier alpha value is -1.01. The minimum atomic E-state index is -4.42. The van der Waals surface area contributed by atoms with Crippen LogP contribution in [0.25, 0.3) is 0 Å². The molecule has 0 amide bonds. The zero-order valence-corrected chi connectivity index (χ0v) is 11.6. The van der Waals surface area contributed by atoms with Gasteiger partial charge in [-0.25, -0.2) is 4.98 Å². The number of halogens is 4. The molecule has 1 aromatic heterocycles. The van der Waals surface area contributed by atoms with Crippen molar-refractivity contribution in [3.8, 4) is 0 Å². The van der Waals surface area contributed by atoms with Crippen molar-refractivity contribution < 1.29 is 13.2 Å². The van der Waals surface area contributed by atoms with Crippen LogP contribution in [-0.4, -0.2) is 17.6 Å². The van der Waals surface area contributed by atoms with E-state index >= 15 is 0 Å². The summed E-state index contributed by atoms with van der Waals surface area (Å²) in [5.41, 5.74) is 4.99. The van der Waals surface area contributed by atoms with E-state index in [1.165, 1.54) is 0 Å². The molecule has 0 saturated heterocycles. The molecule has 1 fully saturated rings. The fourth-order valence-corrected chi connectivity index (χ4v) is 2.59. The molecule has 0 radical (unpaired) electrons. The molecule has 20 heavy (non-hydrogen) atoms.